The van der Waals surface area contributed by atoms with Crippen molar-refractivity contribution in [2.24, 2.45) is 5.92 Å². The summed E-state index contributed by atoms with van der Waals surface area (Å²) in [5.74, 6) is 0.212. The number of anilines is 1. The molecule has 0 saturated heterocycles. The fourth-order valence-corrected chi connectivity index (χ4v) is 1.46. The zero-order valence-corrected chi connectivity index (χ0v) is 10.7. The van der Waals surface area contributed by atoms with Crippen molar-refractivity contribution < 1.29 is 9.32 Å². The minimum absolute atomic E-state index is 0.0818. The van der Waals surface area contributed by atoms with Crippen LogP contribution in [0.5, 0.6) is 0 Å². The van der Waals surface area contributed by atoms with Gasteiger partial charge < -0.3 is 4.52 Å². The van der Waals surface area contributed by atoms with E-state index in [2.05, 4.69) is 10.5 Å². The lowest BCUT2D eigenvalue weighted by molar-refractivity contribution is -0.119. The second-order valence-electron chi connectivity index (χ2n) is 4.59. The summed E-state index contributed by atoms with van der Waals surface area (Å²) in [4.78, 5) is 11.5. The Bertz CT molecular complexity index is 541. The molecule has 0 unspecified atom stereocenters. The van der Waals surface area contributed by atoms with Gasteiger partial charge in [0.1, 0.15) is 5.69 Å². The highest BCUT2D eigenvalue weighted by atomic mass is 16.5. The van der Waals surface area contributed by atoms with E-state index in [4.69, 9.17) is 4.52 Å². The Labute approximate surface area is 106 Å². The van der Waals surface area contributed by atoms with Crippen molar-refractivity contribution in [1.29, 1.82) is 0 Å². The molecule has 18 heavy (non-hydrogen) atoms. The molecular formula is C14H16N2O2. The predicted octanol–water partition coefficient (Wildman–Crippen LogP) is 3.24. The molecule has 0 aliphatic rings. The lowest BCUT2D eigenvalue weighted by Crippen LogP contribution is -2.17. The van der Waals surface area contributed by atoms with Crippen LogP contribution in [0.15, 0.2) is 34.9 Å². The molecule has 94 valence electrons. The molecule has 0 spiro atoms. The molecule has 0 aliphatic heterocycles. The molecule has 4 nitrogen and oxygen atoms in total. The number of nitrogens with zero attached hydrogens (tertiary/aromatic N) is 1. The Kier molecular flexibility index (Phi) is 3.46. The van der Waals surface area contributed by atoms with E-state index in [1.54, 1.807) is 6.07 Å². The molecule has 0 aliphatic carbocycles. The van der Waals surface area contributed by atoms with Gasteiger partial charge in [0.2, 0.25) is 11.8 Å². The predicted molar refractivity (Wildman–Crippen MR) is 70.1 cm³/mol. The minimum Gasteiger partial charge on any atom is -0.338 e. The summed E-state index contributed by atoms with van der Waals surface area (Å²) < 4.78 is 5.09. The number of nitrogens with one attached hydrogen (secondary N) is 1. The van der Waals surface area contributed by atoms with Crippen molar-refractivity contribution in [2.75, 3.05) is 5.32 Å². The van der Waals surface area contributed by atoms with E-state index in [9.17, 15) is 4.79 Å². The summed E-state index contributed by atoms with van der Waals surface area (Å²) in [5.41, 5.74) is 2.87. The summed E-state index contributed by atoms with van der Waals surface area (Å²) in [6, 6.07) is 9.69. The van der Waals surface area contributed by atoms with Crippen LogP contribution in [0.1, 0.15) is 19.4 Å². The smallest absolute Gasteiger partial charge is 0.231 e. The third kappa shape index (κ3) is 2.77. The molecule has 0 saturated carbocycles. The molecule has 1 aromatic heterocycles. The van der Waals surface area contributed by atoms with Crippen molar-refractivity contribution in [3.63, 3.8) is 0 Å². The first-order chi connectivity index (χ1) is 8.56. The zero-order chi connectivity index (χ0) is 13.1. The van der Waals surface area contributed by atoms with Gasteiger partial charge in [-0.1, -0.05) is 48.8 Å². The Morgan fingerprint density at radius 3 is 2.56 bits per heavy atom. The summed E-state index contributed by atoms with van der Waals surface area (Å²) in [6.45, 7) is 5.68. The quantitative estimate of drug-likeness (QED) is 0.901. The summed E-state index contributed by atoms with van der Waals surface area (Å²) in [7, 11) is 0. The fourth-order valence-electron chi connectivity index (χ4n) is 1.46. The van der Waals surface area contributed by atoms with E-state index < -0.39 is 0 Å². The molecule has 4 heteroatoms. The monoisotopic (exact) mass is 244 g/mol. The Morgan fingerprint density at radius 2 is 1.94 bits per heavy atom. The van der Waals surface area contributed by atoms with Crippen LogP contribution in [0.3, 0.4) is 0 Å². The zero-order valence-electron chi connectivity index (χ0n) is 10.7. The molecule has 2 rings (SSSR count). The van der Waals surface area contributed by atoms with Crippen molar-refractivity contribution >= 4 is 11.8 Å². The third-order valence-electron chi connectivity index (χ3n) is 2.63. The van der Waals surface area contributed by atoms with Crippen LogP contribution < -0.4 is 5.32 Å². The van der Waals surface area contributed by atoms with Gasteiger partial charge >= 0.3 is 0 Å². The van der Waals surface area contributed by atoms with Crippen LogP contribution in [0.2, 0.25) is 0 Å². The van der Waals surface area contributed by atoms with Gasteiger partial charge in [0, 0.05) is 17.5 Å². The van der Waals surface area contributed by atoms with Crippen LogP contribution in [0.4, 0.5) is 5.88 Å². The molecule has 1 amide bonds. The lowest BCUT2D eigenvalue weighted by atomic mass is 10.1. The lowest BCUT2D eigenvalue weighted by Gasteiger charge is -2.02. The van der Waals surface area contributed by atoms with Crippen molar-refractivity contribution in [3.8, 4) is 11.3 Å². The Morgan fingerprint density at radius 1 is 1.28 bits per heavy atom. The standard InChI is InChI=1S/C14H16N2O2/c1-9(2)14(17)15-13-8-12(16-18-13)11-6-4-10(3)5-7-11/h4-9H,1-3H3,(H,15,17). The Hall–Kier alpha value is -2.10. The van der Waals surface area contributed by atoms with Gasteiger partial charge in [0.15, 0.2) is 0 Å². The topological polar surface area (TPSA) is 55.1 Å². The molecule has 0 fully saturated rings. The maximum atomic E-state index is 11.5. The number of aromatic nitrogens is 1. The number of carbonyl (C=O) groups is 1. The van der Waals surface area contributed by atoms with Crippen LogP contribution in [-0.4, -0.2) is 11.1 Å². The van der Waals surface area contributed by atoms with Crippen molar-refractivity contribution in [3.05, 3.63) is 35.9 Å². The first-order valence-electron chi connectivity index (χ1n) is 5.91. The van der Waals surface area contributed by atoms with Gasteiger partial charge in [-0.15, -0.1) is 0 Å². The second-order valence-corrected chi connectivity index (χ2v) is 4.59. The van der Waals surface area contributed by atoms with Crippen molar-refractivity contribution in [2.45, 2.75) is 20.8 Å². The molecule has 1 aromatic carbocycles. The highest BCUT2D eigenvalue weighted by Crippen LogP contribution is 2.22. The van der Waals surface area contributed by atoms with E-state index in [0.29, 0.717) is 11.6 Å². The summed E-state index contributed by atoms with van der Waals surface area (Å²) >= 11 is 0. The molecule has 2 aromatic rings. The number of amides is 1. The SMILES string of the molecule is Cc1ccc(-c2cc(NC(=O)C(C)C)on2)cc1. The fraction of sp³-hybridized carbons (Fsp3) is 0.286. The largest absolute Gasteiger partial charge is 0.338 e. The number of carbonyl (C=O) groups excluding carboxylic acids is 1. The van der Waals surface area contributed by atoms with Crippen LogP contribution in [0.25, 0.3) is 11.3 Å². The third-order valence-corrected chi connectivity index (χ3v) is 2.63. The highest BCUT2D eigenvalue weighted by molar-refractivity contribution is 5.91. The van der Waals surface area contributed by atoms with E-state index in [1.807, 2.05) is 45.0 Å². The maximum absolute atomic E-state index is 11.5. The first kappa shape index (κ1) is 12.4. The van der Waals surface area contributed by atoms with Gasteiger partial charge in [0.05, 0.1) is 0 Å². The number of aryl methyl sites for hydroxylation is 1. The van der Waals surface area contributed by atoms with E-state index >= 15 is 0 Å². The van der Waals surface area contributed by atoms with E-state index in [1.165, 1.54) is 5.56 Å². The average Bonchev–Trinajstić information content (AvgIpc) is 2.78. The van der Waals surface area contributed by atoms with E-state index in [0.717, 1.165) is 5.56 Å². The number of hydrogen-bond acceptors (Lipinski definition) is 3. The molecular weight excluding hydrogens is 228 g/mol. The van der Waals surface area contributed by atoms with Gasteiger partial charge in [-0.2, -0.15) is 0 Å². The van der Waals surface area contributed by atoms with E-state index in [-0.39, 0.29) is 11.8 Å². The first-order valence-corrected chi connectivity index (χ1v) is 5.91. The molecule has 0 bridgehead atoms. The molecule has 1 N–H and O–H groups in total. The second kappa shape index (κ2) is 5.04. The van der Waals surface area contributed by atoms with Crippen molar-refractivity contribution in [1.82, 2.24) is 5.16 Å². The van der Waals surface area contributed by atoms with Gasteiger partial charge in [-0.25, -0.2) is 0 Å². The van der Waals surface area contributed by atoms with Gasteiger partial charge in [0.25, 0.3) is 0 Å². The Balaban J connectivity index is 2.15. The van der Waals surface area contributed by atoms with Crippen LogP contribution in [-0.2, 0) is 4.79 Å². The molecule has 0 atom stereocenters. The van der Waals surface area contributed by atoms with Gasteiger partial charge in [-0.05, 0) is 6.92 Å². The number of benzene rings is 1. The molecule has 1 heterocycles. The number of hydrogen-bond donors (Lipinski definition) is 1. The van der Waals surface area contributed by atoms with Gasteiger partial charge in [-0.3, -0.25) is 10.1 Å². The minimum atomic E-state index is -0.0853. The molecule has 0 radical (unpaired) electrons. The van der Waals surface area contributed by atoms with Crippen LogP contribution >= 0.6 is 0 Å². The van der Waals surface area contributed by atoms with Crippen LogP contribution in [0, 0.1) is 12.8 Å². The number of rotatable bonds is 3. The maximum Gasteiger partial charge on any atom is 0.231 e. The highest BCUT2D eigenvalue weighted by Gasteiger charge is 2.11. The summed E-state index contributed by atoms with van der Waals surface area (Å²) in [6.07, 6.45) is 0. The average molecular weight is 244 g/mol. The summed E-state index contributed by atoms with van der Waals surface area (Å²) in [5, 5.41) is 6.61. The normalized spacial score (nSPS) is 10.7.